The van der Waals surface area contributed by atoms with Gasteiger partial charge in [0.2, 0.25) is 5.82 Å². The number of furan rings is 1. The Morgan fingerprint density at radius 3 is 3.00 bits per heavy atom. The Hall–Kier alpha value is -3.00. The Morgan fingerprint density at radius 2 is 2.19 bits per heavy atom. The summed E-state index contributed by atoms with van der Waals surface area (Å²) in [6.07, 6.45) is 10.1. The third-order valence-corrected chi connectivity index (χ3v) is 8.32. The number of fused-ring (bicyclic) bond motifs is 5. The van der Waals surface area contributed by atoms with Crippen molar-refractivity contribution in [1.29, 1.82) is 0 Å². The van der Waals surface area contributed by atoms with Gasteiger partial charge in [-0.15, -0.1) is 16.4 Å². The van der Waals surface area contributed by atoms with Crippen LogP contribution in [-0.2, 0) is 19.4 Å². The van der Waals surface area contributed by atoms with E-state index in [-0.39, 0.29) is 0 Å². The van der Waals surface area contributed by atoms with E-state index in [2.05, 4.69) is 31.0 Å². The van der Waals surface area contributed by atoms with Gasteiger partial charge in [0.1, 0.15) is 16.9 Å². The normalized spacial score (nSPS) is 16.8. The van der Waals surface area contributed by atoms with Crippen molar-refractivity contribution in [2.45, 2.75) is 53.0 Å². The molecule has 8 heteroatoms. The highest BCUT2D eigenvalue weighted by Crippen LogP contribution is 2.45. The van der Waals surface area contributed by atoms with Gasteiger partial charge in [0.15, 0.2) is 11.4 Å². The first kappa shape index (κ1) is 19.7. The Kier molecular flexibility index (Phi) is 4.47. The van der Waals surface area contributed by atoms with E-state index in [0.29, 0.717) is 29.5 Å². The van der Waals surface area contributed by atoms with Crippen LogP contribution in [0.2, 0.25) is 0 Å². The predicted octanol–water partition coefficient (Wildman–Crippen LogP) is 5.38. The van der Waals surface area contributed by atoms with Crippen LogP contribution in [0.3, 0.4) is 0 Å². The van der Waals surface area contributed by atoms with Crippen LogP contribution in [0.4, 0.5) is 0 Å². The highest BCUT2D eigenvalue weighted by Gasteiger charge is 2.33. The minimum atomic E-state index is 0.367. The molecular formula is C24H26N6OS. The van der Waals surface area contributed by atoms with Crippen LogP contribution < -0.4 is 0 Å². The number of nitrogens with zero attached hydrogens (tertiary/aromatic N) is 6. The molecule has 1 aliphatic rings. The van der Waals surface area contributed by atoms with Crippen LogP contribution >= 0.6 is 11.3 Å². The largest absolute Gasteiger partial charge is 0.456 e. The third kappa shape index (κ3) is 3.16. The number of aryl methyl sites for hydroxylation is 1. The van der Waals surface area contributed by atoms with Crippen LogP contribution in [0.15, 0.2) is 41.3 Å². The first-order valence-electron chi connectivity index (χ1n) is 11.2. The lowest BCUT2D eigenvalue weighted by Gasteiger charge is -2.36. The molecule has 0 radical (unpaired) electrons. The lowest BCUT2D eigenvalue weighted by molar-refractivity contribution is 0.184. The number of hydrogen-bond donors (Lipinski definition) is 0. The standard InChI is InChI=1S/C24H26N6OS/c1-4-24(2,3)15-6-8-17-19(12-15)32-23-20(17)22-27-21(28-30(22)14-25-23)18-9-7-16(31-18)13-29-11-5-10-26-29/h5,7,9-11,14-15H,4,6,8,12-13H2,1-3H3. The summed E-state index contributed by atoms with van der Waals surface area (Å²) in [6, 6.07) is 5.79. The molecule has 1 atom stereocenters. The van der Waals surface area contributed by atoms with E-state index in [1.807, 2.05) is 40.4 Å². The number of thiophene rings is 1. The zero-order valence-electron chi connectivity index (χ0n) is 18.6. The van der Waals surface area contributed by atoms with Crippen molar-refractivity contribution in [3.05, 3.63) is 53.1 Å². The maximum Gasteiger partial charge on any atom is 0.217 e. The van der Waals surface area contributed by atoms with Gasteiger partial charge in [-0.25, -0.2) is 14.5 Å². The van der Waals surface area contributed by atoms with Gasteiger partial charge in [-0.3, -0.25) is 4.68 Å². The lowest BCUT2D eigenvalue weighted by atomic mass is 9.70. The summed E-state index contributed by atoms with van der Waals surface area (Å²) in [7, 11) is 0. The number of rotatable bonds is 5. The van der Waals surface area contributed by atoms with E-state index in [4.69, 9.17) is 14.4 Å². The van der Waals surface area contributed by atoms with Crippen molar-refractivity contribution in [2.24, 2.45) is 11.3 Å². The average Bonchev–Trinajstić information content (AvgIpc) is 3.57. The zero-order chi connectivity index (χ0) is 21.9. The first-order chi connectivity index (χ1) is 15.5. The van der Waals surface area contributed by atoms with Crippen LogP contribution in [0, 0.1) is 11.3 Å². The van der Waals surface area contributed by atoms with E-state index in [0.717, 1.165) is 29.1 Å². The quantitative estimate of drug-likeness (QED) is 0.362. The SMILES string of the molecule is CCC(C)(C)C1CCc2c(sc3ncn4nc(-c5ccc(Cn6cccn6)o5)nc4c23)C1. The summed E-state index contributed by atoms with van der Waals surface area (Å²) in [5, 5.41) is 10.1. The summed E-state index contributed by atoms with van der Waals surface area (Å²) >= 11 is 1.83. The van der Waals surface area contributed by atoms with Gasteiger partial charge in [-0.05, 0) is 54.4 Å². The predicted molar refractivity (Wildman–Crippen MR) is 125 cm³/mol. The molecule has 0 bridgehead atoms. The molecule has 1 unspecified atom stereocenters. The van der Waals surface area contributed by atoms with E-state index in [1.54, 1.807) is 17.0 Å². The van der Waals surface area contributed by atoms with Gasteiger partial charge in [-0.2, -0.15) is 5.10 Å². The maximum atomic E-state index is 6.03. The molecule has 164 valence electrons. The average molecular weight is 447 g/mol. The van der Waals surface area contributed by atoms with E-state index in [9.17, 15) is 0 Å². The number of aromatic nitrogens is 6. The molecule has 5 aromatic heterocycles. The first-order valence-corrected chi connectivity index (χ1v) is 12.1. The molecule has 1 aliphatic carbocycles. The molecule has 0 amide bonds. The minimum Gasteiger partial charge on any atom is -0.456 e. The summed E-state index contributed by atoms with van der Waals surface area (Å²) in [4.78, 5) is 12.1. The summed E-state index contributed by atoms with van der Waals surface area (Å²) in [5.41, 5.74) is 2.66. The topological polar surface area (TPSA) is 74.0 Å². The summed E-state index contributed by atoms with van der Waals surface area (Å²) in [6.45, 7) is 7.69. The molecule has 0 saturated heterocycles. The lowest BCUT2D eigenvalue weighted by Crippen LogP contribution is -2.28. The molecular weight excluding hydrogens is 420 g/mol. The van der Waals surface area contributed by atoms with Crippen LogP contribution in [-0.4, -0.2) is 29.4 Å². The smallest absolute Gasteiger partial charge is 0.217 e. The Balaban J connectivity index is 1.37. The molecule has 0 N–H and O–H groups in total. The van der Waals surface area contributed by atoms with E-state index >= 15 is 0 Å². The Bertz CT molecular complexity index is 1410. The van der Waals surface area contributed by atoms with Crippen LogP contribution in [0.25, 0.3) is 27.4 Å². The van der Waals surface area contributed by atoms with Crippen molar-refractivity contribution < 1.29 is 4.42 Å². The van der Waals surface area contributed by atoms with Gasteiger partial charge in [-0.1, -0.05) is 27.2 Å². The molecule has 0 fully saturated rings. The van der Waals surface area contributed by atoms with Crippen LogP contribution in [0.1, 0.15) is 49.8 Å². The van der Waals surface area contributed by atoms with Crippen molar-refractivity contribution in [2.75, 3.05) is 0 Å². The van der Waals surface area contributed by atoms with Crippen molar-refractivity contribution >= 4 is 27.2 Å². The fourth-order valence-corrected chi connectivity index (χ4v) is 6.03. The highest BCUT2D eigenvalue weighted by molar-refractivity contribution is 7.19. The Labute approximate surface area is 190 Å². The van der Waals surface area contributed by atoms with Gasteiger partial charge in [0.05, 0.1) is 11.9 Å². The Morgan fingerprint density at radius 1 is 1.28 bits per heavy atom. The maximum absolute atomic E-state index is 6.03. The molecule has 5 aromatic rings. The van der Waals surface area contributed by atoms with Crippen molar-refractivity contribution in [3.8, 4) is 11.6 Å². The van der Waals surface area contributed by atoms with Gasteiger partial charge in [0, 0.05) is 17.3 Å². The summed E-state index contributed by atoms with van der Waals surface area (Å²) in [5.74, 6) is 2.79. The summed E-state index contributed by atoms with van der Waals surface area (Å²) < 4.78 is 9.65. The molecule has 6 rings (SSSR count). The molecule has 7 nitrogen and oxygen atoms in total. The van der Waals surface area contributed by atoms with Crippen molar-refractivity contribution in [1.82, 2.24) is 29.4 Å². The molecule has 0 spiro atoms. The van der Waals surface area contributed by atoms with E-state index < -0.39 is 0 Å². The monoisotopic (exact) mass is 446 g/mol. The highest BCUT2D eigenvalue weighted by atomic mass is 32.1. The molecule has 0 saturated carbocycles. The second-order valence-electron chi connectivity index (χ2n) is 9.38. The van der Waals surface area contributed by atoms with Crippen molar-refractivity contribution in [3.63, 3.8) is 0 Å². The molecule has 5 heterocycles. The molecule has 0 aromatic carbocycles. The second kappa shape index (κ2) is 7.27. The molecule has 32 heavy (non-hydrogen) atoms. The van der Waals surface area contributed by atoms with E-state index in [1.165, 1.54) is 28.7 Å². The minimum absolute atomic E-state index is 0.367. The fourth-order valence-electron chi connectivity index (χ4n) is 4.77. The number of hydrogen-bond acceptors (Lipinski definition) is 6. The van der Waals surface area contributed by atoms with Gasteiger partial charge < -0.3 is 4.42 Å². The van der Waals surface area contributed by atoms with Gasteiger partial charge >= 0.3 is 0 Å². The van der Waals surface area contributed by atoms with Gasteiger partial charge in [0.25, 0.3) is 0 Å². The third-order valence-electron chi connectivity index (χ3n) is 7.16. The second-order valence-corrected chi connectivity index (χ2v) is 10.5. The fraction of sp³-hybridized carbons (Fsp3) is 0.417. The van der Waals surface area contributed by atoms with Crippen LogP contribution in [0.5, 0.6) is 0 Å². The zero-order valence-corrected chi connectivity index (χ0v) is 19.4. The molecule has 0 aliphatic heterocycles.